The first-order valence-electron chi connectivity index (χ1n) is 4.68. The van der Waals surface area contributed by atoms with Crippen LogP contribution in [0.4, 0.5) is 0 Å². The number of carboxylic acid groups (broad SMARTS) is 1. The van der Waals surface area contributed by atoms with Crippen LogP contribution in [-0.2, 0) is 37.3 Å². The van der Waals surface area contributed by atoms with E-state index in [0.29, 0.717) is 0 Å². The molecule has 0 aromatic rings. The topological polar surface area (TPSA) is 214 Å². The Morgan fingerprint density at radius 3 is 1.81 bits per heavy atom. The van der Waals surface area contributed by atoms with Gasteiger partial charge in [-0.3, -0.25) is 13.8 Å². The Labute approximate surface area is 115 Å². The Morgan fingerprint density at radius 1 is 0.952 bits per heavy atom. The number of hydrogen-bond donors (Lipinski definition) is 5. The van der Waals surface area contributed by atoms with Gasteiger partial charge in [0, 0.05) is 0 Å². The minimum Gasteiger partial charge on any atom is -0.478 e. The third-order valence-electron chi connectivity index (χ3n) is 1.51. The number of carboxylic acids is 1. The number of hydrogen-bond acceptors (Lipinski definition) is 8. The molecule has 0 spiro atoms. The van der Waals surface area contributed by atoms with Crippen LogP contribution in [0.15, 0.2) is 0 Å². The molecule has 0 bridgehead atoms. The van der Waals surface area contributed by atoms with Gasteiger partial charge in [-0.15, -0.1) is 0 Å². The van der Waals surface area contributed by atoms with Crippen molar-refractivity contribution in [2.75, 3.05) is 13.2 Å². The van der Waals surface area contributed by atoms with Gasteiger partial charge in [0.15, 0.2) is 0 Å². The number of rotatable bonds is 9. The van der Waals surface area contributed by atoms with Gasteiger partial charge in [-0.1, -0.05) is 0 Å². The zero-order valence-corrected chi connectivity index (χ0v) is 11.7. The molecule has 0 aromatic heterocycles. The molecular formula is C6H10O13P2. The molecule has 1 unspecified atom stereocenters. The van der Waals surface area contributed by atoms with E-state index < -0.39 is 52.7 Å². The lowest BCUT2D eigenvalue weighted by atomic mass is 10.3. The molecule has 0 saturated carbocycles. The highest BCUT2D eigenvalue weighted by Gasteiger charge is 2.30. The fourth-order valence-corrected chi connectivity index (χ4v) is 1.33. The molecule has 0 aliphatic carbocycles. The average Bonchev–Trinajstić information content (AvgIpc) is 2.28. The van der Waals surface area contributed by atoms with Crippen LogP contribution < -0.4 is 0 Å². The van der Waals surface area contributed by atoms with E-state index in [9.17, 15) is 23.5 Å². The Bertz CT molecular complexity index is 499. The van der Waals surface area contributed by atoms with Gasteiger partial charge >= 0.3 is 27.6 Å². The Hall–Kier alpha value is -1.17. The summed E-state index contributed by atoms with van der Waals surface area (Å²) in [6.07, 6.45) is -2.22. The minimum absolute atomic E-state index is 1.25. The van der Waals surface area contributed by atoms with Gasteiger partial charge in [0.1, 0.15) is 13.2 Å². The van der Waals surface area contributed by atoms with Crippen LogP contribution >= 0.6 is 15.6 Å². The van der Waals surface area contributed by atoms with E-state index in [4.69, 9.17) is 24.7 Å². The van der Waals surface area contributed by atoms with Crippen LogP contribution in [0.2, 0.25) is 0 Å². The van der Waals surface area contributed by atoms with E-state index in [1.807, 2.05) is 0 Å². The Balaban J connectivity index is 4.54. The lowest BCUT2D eigenvalue weighted by molar-refractivity contribution is -0.169. The first-order chi connectivity index (χ1) is 9.32. The molecule has 0 amide bonds. The van der Waals surface area contributed by atoms with Gasteiger partial charge in [0.2, 0.25) is 6.10 Å². The highest BCUT2D eigenvalue weighted by atomic mass is 31.2. The van der Waals surface area contributed by atoms with Gasteiger partial charge < -0.3 is 29.4 Å². The summed E-state index contributed by atoms with van der Waals surface area (Å²) in [5, 5.41) is 8.58. The van der Waals surface area contributed by atoms with Crippen molar-refractivity contribution >= 4 is 33.4 Å². The van der Waals surface area contributed by atoms with Gasteiger partial charge in [0.05, 0.1) is 0 Å². The summed E-state index contributed by atoms with van der Waals surface area (Å²) in [6.45, 7) is -2.63. The second kappa shape index (κ2) is 7.73. The van der Waals surface area contributed by atoms with E-state index >= 15 is 0 Å². The molecule has 0 aliphatic heterocycles. The number of carbonyl (C=O) groups excluding carboxylic acids is 2. The van der Waals surface area contributed by atoms with Crippen LogP contribution in [0.1, 0.15) is 0 Å². The first kappa shape index (κ1) is 19.8. The van der Waals surface area contributed by atoms with E-state index in [1.54, 1.807) is 0 Å². The lowest BCUT2D eigenvalue weighted by Gasteiger charge is -2.13. The van der Waals surface area contributed by atoms with E-state index in [1.165, 1.54) is 0 Å². The highest BCUT2D eigenvalue weighted by molar-refractivity contribution is 7.46. The summed E-state index contributed by atoms with van der Waals surface area (Å²) in [6, 6.07) is 0. The number of phosphoric ester groups is 2. The first-order valence-corrected chi connectivity index (χ1v) is 7.74. The monoisotopic (exact) mass is 352 g/mol. The maximum atomic E-state index is 11.1. The number of aliphatic carboxylic acids is 1. The molecule has 1 atom stereocenters. The summed E-state index contributed by atoms with van der Waals surface area (Å²) in [5.41, 5.74) is 0. The van der Waals surface area contributed by atoms with Crippen molar-refractivity contribution < 1.29 is 62.0 Å². The summed E-state index contributed by atoms with van der Waals surface area (Å²) in [5.74, 6) is -5.34. The molecule has 0 radical (unpaired) electrons. The normalized spacial score (nSPS) is 13.5. The van der Waals surface area contributed by atoms with E-state index in [0.717, 1.165) is 0 Å². The van der Waals surface area contributed by atoms with Crippen molar-refractivity contribution in [3.8, 4) is 0 Å². The summed E-state index contributed by atoms with van der Waals surface area (Å²) < 4.78 is 32.1. The molecule has 13 nitrogen and oxygen atoms in total. The standard InChI is InChI=1S/C6H10O13P2/c7-3(1-17-20(11,12)13)6(10)19-4(5(8)9)2-18-21(14,15)16/h4H,1-2H2,(H,8,9)(H2,11,12,13)(H2,14,15,16). The van der Waals surface area contributed by atoms with Crippen molar-refractivity contribution in [2.45, 2.75) is 6.10 Å². The smallest absolute Gasteiger partial charge is 0.470 e. The molecule has 0 aliphatic rings. The second-order valence-corrected chi connectivity index (χ2v) is 5.68. The Morgan fingerprint density at radius 2 is 1.43 bits per heavy atom. The van der Waals surface area contributed by atoms with Crippen molar-refractivity contribution in [3.05, 3.63) is 0 Å². The number of ketones is 1. The van der Waals surface area contributed by atoms with Crippen molar-refractivity contribution in [3.63, 3.8) is 0 Å². The van der Waals surface area contributed by atoms with Crippen molar-refractivity contribution in [1.29, 1.82) is 0 Å². The van der Waals surface area contributed by atoms with Crippen molar-refractivity contribution in [1.82, 2.24) is 0 Å². The molecular weight excluding hydrogens is 342 g/mol. The third kappa shape index (κ3) is 10.2. The number of Topliss-reactive ketones (excluding diaryl/α,β-unsaturated/α-hetero) is 1. The fourth-order valence-electron chi connectivity index (χ4n) is 0.717. The zero-order chi connectivity index (χ0) is 16.8. The van der Waals surface area contributed by atoms with Gasteiger partial charge in [-0.2, -0.15) is 0 Å². The molecule has 15 heteroatoms. The molecule has 0 rings (SSSR count). The molecule has 122 valence electrons. The van der Waals surface area contributed by atoms with Gasteiger partial charge in [-0.25, -0.2) is 18.7 Å². The van der Waals surface area contributed by atoms with E-state index in [2.05, 4.69) is 13.8 Å². The van der Waals surface area contributed by atoms with Crippen LogP contribution in [0.5, 0.6) is 0 Å². The number of esters is 1. The van der Waals surface area contributed by atoms with E-state index in [-0.39, 0.29) is 0 Å². The predicted molar refractivity (Wildman–Crippen MR) is 58.5 cm³/mol. The predicted octanol–water partition coefficient (Wildman–Crippen LogP) is -2.23. The number of ether oxygens (including phenoxy) is 1. The summed E-state index contributed by atoms with van der Waals surface area (Å²) >= 11 is 0. The van der Waals surface area contributed by atoms with Crippen LogP contribution in [-0.4, -0.2) is 61.7 Å². The lowest BCUT2D eigenvalue weighted by Crippen LogP contribution is -2.35. The Kier molecular flexibility index (Phi) is 7.30. The molecule has 0 saturated heterocycles. The van der Waals surface area contributed by atoms with Crippen LogP contribution in [0, 0.1) is 0 Å². The number of carbonyl (C=O) groups is 3. The van der Waals surface area contributed by atoms with Gasteiger partial charge in [-0.05, 0) is 0 Å². The SMILES string of the molecule is O=C(COP(=O)(O)O)C(=O)OC(COP(=O)(O)O)C(=O)O. The maximum absolute atomic E-state index is 11.1. The third-order valence-corrected chi connectivity index (χ3v) is 2.46. The summed E-state index contributed by atoms with van der Waals surface area (Å²) in [4.78, 5) is 66.0. The molecule has 0 fully saturated rings. The van der Waals surface area contributed by atoms with Crippen LogP contribution in [0.3, 0.4) is 0 Å². The van der Waals surface area contributed by atoms with Gasteiger partial charge in [0.25, 0.3) is 5.78 Å². The fraction of sp³-hybridized carbons (Fsp3) is 0.500. The number of phosphoric acid groups is 2. The molecule has 0 heterocycles. The molecule has 0 aromatic carbocycles. The van der Waals surface area contributed by atoms with Crippen molar-refractivity contribution in [2.24, 2.45) is 0 Å². The second-order valence-electron chi connectivity index (χ2n) is 3.21. The maximum Gasteiger partial charge on any atom is 0.470 e. The average molecular weight is 352 g/mol. The van der Waals surface area contributed by atoms with Crippen LogP contribution in [0.25, 0.3) is 0 Å². The highest BCUT2D eigenvalue weighted by Crippen LogP contribution is 2.36. The summed E-state index contributed by atoms with van der Waals surface area (Å²) in [7, 11) is -10.0. The zero-order valence-electron chi connectivity index (χ0n) is 9.89. The molecule has 5 N–H and O–H groups in total. The molecule has 21 heavy (non-hydrogen) atoms. The quantitative estimate of drug-likeness (QED) is 0.169. The minimum atomic E-state index is -5.03. The largest absolute Gasteiger partial charge is 0.478 e.